The van der Waals surface area contributed by atoms with Crippen LogP contribution in [0.2, 0.25) is 0 Å². The first kappa shape index (κ1) is 21.0. The fourth-order valence-electron chi connectivity index (χ4n) is 3.92. The van der Waals surface area contributed by atoms with E-state index in [-0.39, 0.29) is 5.82 Å². The largest absolute Gasteiger partial charge is 0.451 e. The van der Waals surface area contributed by atoms with Gasteiger partial charge in [0.05, 0.1) is 5.69 Å². The number of aryl methyl sites for hydroxylation is 1. The Kier molecular flexibility index (Phi) is 5.45. The third-order valence-corrected chi connectivity index (χ3v) is 5.51. The van der Waals surface area contributed by atoms with Crippen molar-refractivity contribution in [2.75, 3.05) is 5.32 Å². The lowest BCUT2D eigenvalue weighted by molar-refractivity contribution is -0.145. The molecule has 2 N–H and O–H groups in total. The van der Waals surface area contributed by atoms with Crippen LogP contribution in [0.5, 0.6) is 0 Å². The highest BCUT2D eigenvalue weighted by Gasteiger charge is 2.36. The normalized spacial score (nSPS) is 13.5. The van der Waals surface area contributed by atoms with E-state index in [1.54, 1.807) is 6.20 Å². The number of nitrogens with one attached hydrogen (secondary N) is 2. The van der Waals surface area contributed by atoms with Crippen LogP contribution in [0, 0.1) is 0 Å². The van der Waals surface area contributed by atoms with Gasteiger partial charge in [-0.3, -0.25) is 4.98 Å². The first-order chi connectivity index (χ1) is 16.0. The Morgan fingerprint density at radius 2 is 1.79 bits per heavy atom. The molecule has 11 heteroatoms. The van der Waals surface area contributed by atoms with Crippen LogP contribution < -0.4 is 5.32 Å². The van der Waals surface area contributed by atoms with E-state index in [1.807, 2.05) is 36.4 Å². The van der Waals surface area contributed by atoms with Crippen LogP contribution in [-0.4, -0.2) is 35.6 Å². The van der Waals surface area contributed by atoms with Crippen molar-refractivity contribution in [3.8, 4) is 22.6 Å². The fraction of sp³-hybridized carbons (Fsp3) is 0.273. The molecule has 168 valence electrons. The quantitative estimate of drug-likeness (QED) is 0.467. The topological polar surface area (TPSA) is 105 Å². The molecule has 1 aliphatic carbocycles. The smallest absolute Gasteiger partial charge is 0.366 e. The number of fused-ring (bicyclic) bond motifs is 1. The van der Waals surface area contributed by atoms with Crippen molar-refractivity contribution in [3.05, 3.63) is 65.2 Å². The molecule has 0 saturated heterocycles. The summed E-state index contributed by atoms with van der Waals surface area (Å²) in [5, 5.41) is 17.2. The lowest BCUT2D eigenvalue weighted by Gasteiger charge is -2.20. The van der Waals surface area contributed by atoms with Gasteiger partial charge < -0.3 is 5.32 Å². The van der Waals surface area contributed by atoms with Gasteiger partial charge in [0.15, 0.2) is 0 Å². The number of benzene rings is 1. The molecule has 0 fully saturated rings. The van der Waals surface area contributed by atoms with E-state index in [1.165, 1.54) is 0 Å². The molecule has 0 saturated carbocycles. The number of anilines is 1. The SMILES string of the molecule is FC(F)(F)c1nc2c(c(NCc3ccc(-c4ccccc4-c4nn[nH]n4)nc3)n1)CCCC2. The van der Waals surface area contributed by atoms with Gasteiger partial charge in [-0.1, -0.05) is 30.3 Å². The highest BCUT2D eigenvalue weighted by molar-refractivity contribution is 5.78. The molecular weight excluding hydrogens is 433 g/mol. The van der Waals surface area contributed by atoms with Crippen molar-refractivity contribution < 1.29 is 13.2 Å². The minimum atomic E-state index is -4.59. The van der Waals surface area contributed by atoms with Gasteiger partial charge in [0, 0.05) is 35.1 Å². The Labute approximate surface area is 186 Å². The zero-order chi connectivity index (χ0) is 22.8. The van der Waals surface area contributed by atoms with Crippen molar-refractivity contribution >= 4 is 5.82 Å². The van der Waals surface area contributed by atoms with E-state index in [0.29, 0.717) is 30.9 Å². The zero-order valence-corrected chi connectivity index (χ0v) is 17.4. The number of pyridine rings is 1. The number of hydrogen-bond donors (Lipinski definition) is 2. The molecule has 5 rings (SSSR count). The van der Waals surface area contributed by atoms with Crippen molar-refractivity contribution in [2.24, 2.45) is 0 Å². The number of tetrazole rings is 1. The van der Waals surface area contributed by atoms with Gasteiger partial charge >= 0.3 is 6.18 Å². The Bertz CT molecular complexity index is 1250. The van der Waals surface area contributed by atoms with Gasteiger partial charge in [-0.25, -0.2) is 9.97 Å². The summed E-state index contributed by atoms with van der Waals surface area (Å²) in [6, 6.07) is 11.3. The Morgan fingerprint density at radius 3 is 2.52 bits per heavy atom. The van der Waals surface area contributed by atoms with Crippen LogP contribution >= 0.6 is 0 Å². The van der Waals surface area contributed by atoms with Gasteiger partial charge in [-0.2, -0.15) is 18.4 Å². The van der Waals surface area contributed by atoms with Gasteiger partial charge in [0.2, 0.25) is 11.6 Å². The van der Waals surface area contributed by atoms with E-state index in [2.05, 4.69) is 40.9 Å². The molecule has 0 spiro atoms. The molecule has 1 aliphatic rings. The average Bonchev–Trinajstić information content (AvgIpc) is 3.37. The number of alkyl halides is 3. The van der Waals surface area contributed by atoms with E-state index in [0.717, 1.165) is 40.8 Å². The predicted octanol–water partition coefficient (Wildman–Crippen LogP) is 4.23. The third-order valence-electron chi connectivity index (χ3n) is 5.51. The molecule has 0 bridgehead atoms. The number of rotatable bonds is 5. The molecule has 4 aromatic rings. The summed E-state index contributed by atoms with van der Waals surface area (Å²) >= 11 is 0. The zero-order valence-electron chi connectivity index (χ0n) is 17.4. The minimum absolute atomic E-state index is 0.249. The maximum absolute atomic E-state index is 13.3. The number of aromatic nitrogens is 7. The maximum atomic E-state index is 13.3. The summed E-state index contributed by atoms with van der Waals surface area (Å²) in [7, 11) is 0. The van der Waals surface area contributed by atoms with E-state index in [9.17, 15) is 13.2 Å². The molecule has 0 radical (unpaired) electrons. The molecule has 0 amide bonds. The molecule has 0 aliphatic heterocycles. The third kappa shape index (κ3) is 4.38. The standard InChI is InChI=1S/C22H19F3N8/c23-22(24,25)21-28-18-8-4-3-7-16(18)19(29-21)27-12-13-9-10-17(26-11-13)14-5-1-2-6-15(14)20-30-32-33-31-20/h1-2,5-6,9-11H,3-4,7-8,12H2,(H,27,28,29)(H,30,31,32,33). The monoisotopic (exact) mass is 452 g/mol. The second kappa shape index (κ2) is 8.57. The van der Waals surface area contributed by atoms with E-state index in [4.69, 9.17) is 0 Å². The second-order valence-electron chi connectivity index (χ2n) is 7.71. The number of nitrogens with zero attached hydrogens (tertiary/aromatic N) is 6. The lowest BCUT2D eigenvalue weighted by atomic mass is 9.96. The van der Waals surface area contributed by atoms with Crippen LogP contribution in [0.4, 0.5) is 19.0 Å². The molecule has 0 atom stereocenters. The van der Waals surface area contributed by atoms with E-state index >= 15 is 0 Å². The Balaban J connectivity index is 1.38. The van der Waals surface area contributed by atoms with Crippen molar-refractivity contribution in [3.63, 3.8) is 0 Å². The summed E-state index contributed by atoms with van der Waals surface area (Å²) < 4.78 is 39.8. The number of aromatic amines is 1. The predicted molar refractivity (Wildman–Crippen MR) is 114 cm³/mol. The molecule has 8 nitrogen and oxygen atoms in total. The van der Waals surface area contributed by atoms with E-state index < -0.39 is 12.0 Å². The summed E-state index contributed by atoms with van der Waals surface area (Å²) in [5.74, 6) is -0.386. The minimum Gasteiger partial charge on any atom is -0.366 e. The summed E-state index contributed by atoms with van der Waals surface area (Å²) in [5.41, 5.74) is 4.42. The van der Waals surface area contributed by atoms with Gasteiger partial charge in [0.25, 0.3) is 0 Å². The molecule has 0 unspecified atom stereocenters. The molecule has 3 heterocycles. The maximum Gasteiger partial charge on any atom is 0.451 e. The van der Waals surface area contributed by atoms with Crippen LogP contribution in [0.1, 0.15) is 35.5 Å². The first-order valence-electron chi connectivity index (χ1n) is 10.5. The fourth-order valence-corrected chi connectivity index (χ4v) is 3.92. The number of H-pyrrole nitrogens is 1. The second-order valence-corrected chi connectivity index (χ2v) is 7.71. The van der Waals surface area contributed by atoms with Crippen molar-refractivity contribution in [1.29, 1.82) is 0 Å². The molecule has 3 aromatic heterocycles. The number of halogens is 3. The summed E-state index contributed by atoms with van der Waals surface area (Å²) in [6.45, 7) is 0.292. The molecule has 1 aromatic carbocycles. The number of hydrogen-bond acceptors (Lipinski definition) is 7. The van der Waals surface area contributed by atoms with Crippen molar-refractivity contribution in [1.82, 2.24) is 35.6 Å². The van der Waals surface area contributed by atoms with Gasteiger partial charge in [-0.15, -0.1) is 10.2 Å². The van der Waals surface area contributed by atoms with Gasteiger partial charge in [-0.05, 0) is 42.5 Å². The van der Waals surface area contributed by atoms with Gasteiger partial charge in [0.1, 0.15) is 5.82 Å². The summed E-state index contributed by atoms with van der Waals surface area (Å²) in [6.07, 6.45) is 0.0429. The first-order valence-corrected chi connectivity index (χ1v) is 10.5. The Hall–Kier alpha value is -3.89. The van der Waals surface area contributed by atoms with Crippen LogP contribution in [0.15, 0.2) is 42.6 Å². The summed E-state index contributed by atoms with van der Waals surface area (Å²) in [4.78, 5) is 12.1. The van der Waals surface area contributed by atoms with Crippen LogP contribution in [-0.2, 0) is 25.6 Å². The lowest BCUT2D eigenvalue weighted by Crippen LogP contribution is -2.19. The van der Waals surface area contributed by atoms with Crippen LogP contribution in [0.3, 0.4) is 0 Å². The highest BCUT2D eigenvalue weighted by Crippen LogP contribution is 2.32. The average molecular weight is 452 g/mol. The van der Waals surface area contributed by atoms with Crippen molar-refractivity contribution in [2.45, 2.75) is 38.4 Å². The Morgan fingerprint density at radius 1 is 0.970 bits per heavy atom. The van der Waals surface area contributed by atoms with Crippen LogP contribution in [0.25, 0.3) is 22.6 Å². The molecule has 33 heavy (non-hydrogen) atoms. The molecular formula is C22H19F3N8. The highest BCUT2D eigenvalue weighted by atomic mass is 19.4.